The van der Waals surface area contributed by atoms with Crippen LogP contribution in [0.15, 0.2) is 42.5 Å². The lowest BCUT2D eigenvalue weighted by molar-refractivity contribution is 0.358. The molecule has 0 saturated carbocycles. The maximum Gasteiger partial charge on any atom is 0.211 e. The van der Waals surface area contributed by atoms with Crippen LogP contribution in [0.4, 0.5) is 5.69 Å². The number of halogens is 3. The predicted octanol–water partition coefficient (Wildman–Crippen LogP) is 5.54. The SMILES string of the molecule is CCS(=O)(=O)NCC1CCC(c2ccc(Cl)cc2Cl)N(c2ccc(Cl)cc2)C1. The minimum atomic E-state index is -3.21. The lowest BCUT2D eigenvalue weighted by Gasteiger charge is -2.42. The molecule has 2 atom stereocenters. The number of nitrogens with zero attached hydrogens (tertiary/aromatic N) is 1. The van der Waals surface area contributed by atoms with Gasteiger partial charge in [-0.1, -0.05) is 40.9 Å². The summed E-state index contributed by atoms with van der Waals surface area (Å²) in [5.74, 6) is 0.295. The van der Waals surface area contributed by atoms with Gasteiger partial charge in [0.15, 0.2) is 0 Å². The summed E-state index contributed by atoms with van der Waals surface area (Å²) in [5.41, 5.74) is 2.05. The Morgan fingerprint density at radius 1 is 1.04 bits per heavy atom. The zero-order valence-corrected chi connectivity index (χ0v) is 18.6. The van der Waals surface area contributed by atoms with Gasteiger partial charge in [-0.15, -0.1) is 0 Å². The molecule has 0 amide bonds. The Morgan fingerprint density at radius 2 is 1.71 bits per heavy atom. The van der Waals surface area contributed by atoms with Crippen LogP contribution in [0.2, 0.25) is 15.1 Å². The number of anilines is 1. The average Bonchev–Trinajstić information content (AvgIpc) is 2.67. The molecule has 152 valence electrons. The van der Waals surface area contributed by atoms with Gasteiger partial charge in [0.25, 0.3) is 0 Å². The molecule has 2 unspecified atom stereocenters. The van der Waals surface area contributed by atoms with E-state index in [1.54, 1.807) is 13.0 Å². The second-order valence-corrected chi connectivity index (χ2v) is 10.4. The molecule has 8 heteroatoms. The molecule has 1 N–H and O–H groups in total. The Morgan fingerprint density at radius 3 is 2.36 bits per heavy atom. The third-order valence-corrected chi connectivity index (χ3v) is 7.31. The fourth-order valence-electron chi connectivity index (χ4n) is 3.57. The van der Waals surface area contributed by atoms with Crippen molar-refractivity contribution in [1.82, 2.24) is 4.72 Å². The number of sulfonamides is 1. The quantitative estimate of drug-likeness (QED) is 0.614. The van der Waals surface area contributed by atoms with E-state index in [1.165, 1.54) is 0 Å². The lowest BCUT2D eigenvalue weighted by atomic mass is 9.88. The first-order valence-corrected chi connectivity index (χ1v) is 12.0. The normalized spacial score (nSPS) is 20.4. The van der Waals surface area contributed by atoms with Crippen LogP contribution >= 0.6 is 34.8 Å². The number of hydrogen-bond acceptors (Lipinski definition) is 3. The van der Waals surface area contributed by atoms with Crippen molar-refractivity contribution in [3.63, 3.8) is 0 Å². The van der Waals surface area contributed by atoms with Gasteiger partial charge in [-0.2, -0.15) is 0 Å². The van der Waals surface area contributed by atoms with E-state index in [0.717, 1.165) is 30.6 Å². The van der Waals surface area contributed by atoms with Crippen molar-refractivity contribution in [1.29, 1.82) is 0 Å². The molecule has 0 spiro atoms. The van der Waals surface area contributed by atoms with E-state index in [9.17, 15) is 8.42 Å². The molecule has 0 radical (unpaired) electrons. The Balaban J connectivity index is 1.86. The minimum absolute atomic E-state index is 0.0869. The van der Waals surface area contributed by atoms with Gasteiger partial charge in [0.1, 0.15) is 0 Å². The zero-order chi connectivity index (χ0) is 20.3. The van der Waals surface area contributed by atoms with Crippen molar-refractivity contribution in [2.45, 2.75) is 25.8 Å². The van der Waals surface area contributed by atoms with Crippen LogP contribution in [0, 0.1) is 5.92 Å². The minimum Gasteiger partial charge on any atom is -0.364 e. The van der Waals surface area contributed by atoms with Crippen molar-refractivity contribution in [3.05, 3.63) is 63.1 Å². The molecule has 2 aromatic carbocycles. The highest BCUT2D eigenvalue weighted by atomic mass is 35.5. The number of rotatable bonds is 6. The monoisotopic (exact) mass is 460 g/mol. The fourth-order valence-corrected chi connectivity index (χ4v) is 4.93. The van der Waals surface area contributed by atoms with E-state index in [2.05, 4.69) is 9.62 Å². The molecule has 1 aliphatic rings. The largest absolute Gasteiger partial charge is 0.364 e. The molecule has 0 bridgehead atoms. The summed E-state index contributed by atoms with van der Waals surface area (Å²) >= 11 is 18.6. The van der Waals surface area contributed by atoms with Crippen molar-refractivity contribution in [2.24, 2.45) is 5.92 Å². The van der Waals surface area contributed by atoms with Gasteiger partial charge in [-0.05, 0) is 67.6 Å². The number of piperidine rings is 1. The van der Waals surface area contributed by atoms with Gasteiger partial charge < -0.3 is 4.90 Å². The van der Waals surface area contributed by atoms with Crippen molar-refractivity contribution in [2.75, 3.05) is 23.7 Å². The van der Waals surface area contributed by atoms with Crippen LogP contribution in [-0.2, 0) is 10.0 Å². The summed E-state index contributed by atoms with van der Waals surface area (Å²) in [7, 11) is -3.21. The molecule has 4 nitrogen and oxygen atoms in total. The third kappa shape index (κ3) is 5.33. The summed E-state index contributed by atoms with van der Waals surface area (Å²) in [6.45, 7) is 2.79. The van der Waals surface area contributed by atoms with Gasteiger partial charge in [0.2, 0.25) is 10.0 Å². The molecular formula is C20H23Cl3N2O2S. The molecule has 2 aromatic rings. The van der Waals surface area contributed by atoms with E-state index in [4.69, 9.17) is 34.8 Å². The van der Waals surface area contributed by atoms with E-state index < -0.39 is 10.0 Å². The highest BCUT2D eigenvalue weighted by Crippen LogP contribution is 2.40. The summed E-state index contributed by atoms with van der Waals surface area (Å²) in [5, 5.41) is 1.92. The topological polar surface area (TPSA) is 49.4 Å². The summed E-state index contributed by atoms with van der Waals surface area (Å²) in [6.07, 6.45) is 1.77. The summed E-state index contributed by atoms with van der Waals surface area (Å²) in [6, 6.07) is 13.4. The molecule has 0 aromatic heterocycles. The zero-order valence-electron chi connectivity index (χ0n) is 15.5. The van der Waals surface area contributed by atoms with Crippen molar-refractivity contribution >= 4 is 50.5 Å². The van der Waals surface area contributed by atoms with E-state index >= 15 is 0 Å². The van der Waals surface area contributed by atoms with Crippen LogP contribution in [0.25, 0.3) is 0 Å². The molecule has 1 saturated heterocycles. The summed E-state index contributed by atoms with van der Waals surface area (Å²) < 4.78 is 26.4. The van der Waals surface area contributed by atoms with Crippen LogP contribution in [0.1, 0.15) is 31.4 Å². The van der Waals surface area contributed by atoms with Crippen LogP contribution in [-0.4, -0.2) is 27.3 Å². The average molecular weight is 462 g/mol. The predicted molar refractivity (Wildman–Crippen MR) is 118 cm³/mol. The molecule has 1 heterocycles. The molecule has 28 heavy (non-hydrogen) atoms. The van der Waals surface area contributed by atoms with E-state index in [0.29, 0.717) is 21.6 Å². The van der Waals surface area contributed by atoms with Crippen LogP contribution in [0.5, 0.6) is 0 Å². The standard InChI is InChI=1S/C20H23Cl3N2O2S/c1-2-28(26,27)24-12-14-3-10-20(18-9-6-16(22)11-19(18)23)25(13-14)17-7-4-15(21)5-8-17/h4-9,11,14,20,24H,2-3,10,12-13H2,1H3. The first kappa shape index (κ1) is 21.7. The molecule has 0 aliphatic carbocycles. The third-order valence-electron chi connectivity index (χ3n) is 5.13. The fraction of sp³-hybridized carbons (Fsp3) is 0.400. The second-order valence-electron chi connectivity index (χ2n) is 7.01. The maximum absolute atomic E-state index is 11.8. The van der Waals surface area contributed by atoms with Crippen LogP contribution < -0.4 is 9.62 Å². The Bertz CT molecular complexity index is 920. The van der Waals surface area contributed by atoms with E-state index in [1.807, 2.05) is 36.4 Å². The van der Waals surface area contributed by atoms with Gasteiger partial charge >= 0.3 is 0 Å². The Labute approximate surface area is 181 Å². The van der Waals surface area contributed by atoms with Gasteiger partial charge in [-0.3, -0.25) is 0 Å². The number of nitrogens with one attached hydrogen (secondary N) is 1. The van der Waals surface area contributed by atoms with Crippen molar-refractivity contribution < 1.29 is 8.42 Å². The van der Waals surface area contributed by atoms with Crippen LogP contribution in [0.3, 0.4) is 0 Å². The highest BCUT2D eigenvalue weighted by Gasteiger charge is 2.31. The second kappa shape index (κ2) is 9.23. The molecule has 3 rings (SSSR count). The Kier molecular flexibility index (Phi) is 7.16. The highest BCUT2D eigenvalue weighted by molar-refractivity contribution is 7.89. The summed E-state index contributed by atoms with van der Waals surface area (Å²) in [4.78, 5) is 2.28. The van der Waals surface area contributed by atoms with Crippen molar-refractivity contribution in [3.8, 4) is 0 Å². The number of hydrogen-bond donors (Lipinski definition) is 1. The molecule has 1 fully saturated rings. The maximum atomic E-state index is 11.8. The lowest BCUT2D eigenvalue weighted by Crippen LogP contribution is -2.43. The van der Waals surface area contributed by atoms with Gasteiger partial charge in [-0.25, -0.2) is 13.1 Å². The number of benzene rings is 2. The first-order chi connectivity index (χ1) is 13.3. The van der Waals surface area contributed by atoms with E-state index in [-0.39, 0.29) is 17.7 Å². The van der Waals surface area contributed by atoms with Gasteiger partial charge in [0.05, 0.1) is 11.8 Å². The smallest absolute Gasteiger partial charge is 0.211 e. The first-order valence-electron chi connectivity index (χ1n) is 9.23. The molecule has 1 aliphatic heterocycles. The Hall–Kier alpha value is -0.980. The van der Waals surface area contributed by atoms with Gasteiger partial charge in [0, 0.05) is 33.8 Å². The molecular weight excluding hydrogens is 439 g/mol.